The third-order valence-corrected chi connectivity index (χ3v) is 3.82. The molecule has 1 aromatic rings. The first-order valence-corrected chi connectivity index (χ1v) is 8.19. The molecule has 0 atom stereocenters. The van der Waals surface area contributed by atoms with Crippen molar-refractivity contribution in [3.05, 3.63) is 35.0 Å². The lowest BCUT2D eigenvalue weighted by atomic mass is 10.1. The molecule has 21 heavy (non-hydrogen) atoms. The molecule has 2 heterocycles. The molecule has 1 aliphatic heterocycles. The molecule has 116 valence electrons. The van der Waals surface area contributed by atoms with Gasteiger partial charge in [-0.1, -0.05) is 32.4 Å². The number of nitrogens with zero attached hydrogens (tertiary/aromatic N) is 2. The van der Waals surface area contributed by atoms with E-state index in [4.69, 9.17) is 4.98 Å². The first kappa shape index (κ1) is 16.0. The van der Waals surface area contributed by atoms with Crippen LogP contribution in [0.3, 0.4) is 0 Å². The molecule has 0 aromatic carbocycles. The van der Waals surface area contributed by atoms with E-state index in [-0.39, 0.29) is 0 Å². The summed E-state index contributed by atoms with van der Waals surface area (Å²) in [6.07, 6.45) is 4.46. The predicted octanol–water partition coefficient (Wildman–Crippen LogP) is 3.55. The highest BCUT2D eigenvalue weighted by atomic mass is 15.2. The smallest absolute Gasteiger partial charge is 0.129 e. The number of rotatable bonds is 6. The number of pyridine rings is 1. The average Bonchev–Trinajstić information content (AvgIpc) is 2.46. The summed E-state index contributed by atoms with van der Waals surface area (Å²) in [6.45, 7) is 13.0. The topological polar surface area (TPSA) is 28.2 Å². The molecule has 0 spiro atoms. The van der Waals surface area contributed by atoms with Gasteiger partial charge in [-0.3, -0.25) is 0 Å². The van der Waals surface area contributed by atoms with Crippen molar-refractivity contribution in [1.82, 2.24) is 10.3 Å². The van der Waals surface area contributed by atoms with Crippen LogP contribution in [0.1, 0.15) is 45.4 Å². The van der Waals surface area contributed by atoms with Gasteiger partial charge in [-0.15, -0.1) is 0 Å². The molecule has 3 heteroatoms. The van der Waals surface area contributed by atoms with Gasteiger partial charge in [0.25, 0.3) is 0 Å². The van der Waals surface area contributed by atoms with E-state index < -0.39 is 0 Å². The molecule has 0 bridgehead atoms. The fourth-order valence-corrected chi connectivity index (χ4v) is 2.69. The van der Waals surface area contributed by atoms with Gasteiger partial charge >= 0.3 is 0 Å². The molecular formula is C18H29N3. The second-order valence-corrected chi connectivity index (χ2v) is 6.46. The average molecular weight is 287 g/mol. The van der Waals surface area contributed by atoms with Crippen molar-refractivity contribution in [3.8, 4) is 0 Å². The Bertz CT molecular complexity index is 491. The molecule has 0 fully saturated rings. The van der Waals surface area contributed by atoms with Crippen LogP contribution in [-0.2, 0) is 13.0 Å². The molecule has 0 aliphatic carbocycles. The molecule has 0 radical (unpaired) electrons. The summed E-state index contributed by atoms with van der Waals surface area (Å²) in [6, 6.07) is 4.49. The number of aromatic nitrogens is 1. The minimum absolute atomic E-state index is 0.687. The highest BCUT2D eigenvalue weighted by Gasteiger charge is 2.13. The van der Waals surface area contributed by atoms with Crippen LogP contribution < -0.4 is 10.2 Å². The summed E-state index contributed by atoms with van der Waals surface area (Å²) >= 11 is 0. The first-order valence-electron chi connectivity index (χ1n) is 8.19. The summed E-state index contributed by atoms with van der Waals surface area (Å²) in [5, 5.41) is 3.53. The van der Waals surface area contributed by atoms with Gasteiger partial charge in [-0.25, -0.2) is 4.98 Å². The molecule has 0 saturated heterocycles. The van der Waals surface area contributed by atoms with Crippen LogP contribution in [0.5, 0.6) is 0 Å². The molecule has 2 rings (SSSR count). The van der Waals surface area contributed by atoms with Gasteiger partial charge in [-0.2, -0.15) is 0 Å². The summed E-state index contributed by atoms with van der Waals surface area (Å²) in [5.41, 5.74) is 4.00. The van der Waals surface area contributed by atoms with Gasteiger partial charge in [0.1, 0.15) is 5.82 Å². The van der Waals surface area contributed by atoms with Gasteiger partial charge < -0.3 is 10.2 Å². The van der Waals surface area contributed by atoms with E-state index in [1.807, 2.05) is 0 Å². The lowest BCUT2D eigenvalue weighted by Crippen LogP contribution is -2.30. The van der Waals surface area contributed by atoms with E-state index in [1.165, 1.54) is 16.8 Å². The standard InChI is InChI=1S/C18H29N3/c1-5-17-9-16(12-19-11-14(2)3)10-18(20-17)21-8-6-7-15(4)13-21/h7,9-10,14,19H,5-6,8,11-13H2,1-4H3. The van der Waals surface area contributed by atoms with E-state index >= 15 is 0 Å². The molecular weight excluding hydrogens is 258 g/mol. The van der Waals surface area contributed by atoms with Crippen LogP contribution >= 0.6 is 0 Å². The van der Waals surface area contributed by atoms with Crippen LogP contribution in [0.2, 0.25) is 0 Å². The highest BCUT2D eigenvalue weighted by molar-refractivity contribution is 5.45. The Balaban J connectivity index is 2.11. The highest BCUT2D eigenvalue weighted by Crippen LogP contribution is 2.20. The molecule has 0 unspecified atom stereocenters. The van der Waals surface area contributed by atoms with Crippen LogP contribution in [-0.4, -0.2) is 24.6 Å². The fraction of sp³-hybridized carbons (Fsp3) is 0.611. The van der Waals surface area contributed by atoms with E-state index in [0.717, 1.165) is 44.8 Å². The van der Waals surface area contributed by atoms with E-state index in [9.17, 15) is 0 Å². The Kier molecular flexibility index (Phi) is 5.80. The maximum atomic E-state index is 4.82. The lowest BCUT2D eigenvalue weighted by molar-refractivity contribution is 0.552. The normalized spacial score (nSPS) is 15.5. The maximum Gasteiger partial charge on any atom is 0.129 e. The van der Waals surface area contributed by atoms with Gasteiger partial charge in [0.15, 0.2) is 0 Å². The second-order valence-electron chi connectivity index (χ2n) is 6.46. The third kappa shape index (κ3) is 4.85. The minimum Gasteiger partial charge on any atom is -0.352 e. The van der Waals surface area contributed by atoms with Gasteiger partial charge in [0.05, 0.1) is 0 Å². The zero-order chi connectivity index (χ0) is 15.2. The molecule has 1 N–H and O–H groups in total. The summed E-state index contributed by atoms with van der Waals surface area (Å²) in [4.78, 5) is 7.23. The quantitative estimate of drug-likeness (QED) is 0.811. The fourth-order valence-electron chi connectivity index (χ4n) is 2.69. The van der Waals surface area contributed by atoms with Crippen molar-refractivity contribution in [2.75, 3.05) is 24.5 Å². The summed E-state index contributed by atoms with van der Waals surface area (Å²) in [7, 11) is 0. The van der Waals surface area contributed by atoms with Gasteiger partial charge in [0, 0.05) is 25.3 Å². The van der Waals surface area contributed by atoms with Gasteiger partial charge in [-0.05, 0) is 49.9 Å². The molecule has 1 aliphatic rings. The van der Waals surface area contributed by atoms with Crippen molar-refractivity contribution < 1.29 is 0 Å². The number of nitrogens with one attached hydrogen (secondary N) is 1. The van der Waals surface area contributed by atoms with E-state index in [2.05, 4.69) is 56.1 Å². The molecule has 1 aromatic heterocycles. The summed E-state index contributed by atoms with van der Waals surface area (Å²) in [5.74, 6) is 1.83. The SMILES string of the molecule is CCc1cc(CNCC(C)C)cc(N2CCC=C(C)C2)n1. The minimum atomic E-state index is 0.687. The first-order chi connectivity index (χ1) is 10.1. The number of anilines is 1. The molecule has 0 amide bonds. The predicted molar refractivity (Wildman–Crippen MR) is 90.7 cm³/mol. The Hall–Kier alpha value is -1.35. The van der Waals surface area contributed by atoms with E-state index in [0.29, 0.717) is 5.92 Å². The maximum absolute atomic E-state index is 4.82. The zero-order valence-corrected chi connectivity index (χ0v) is 13.9. The largest absolute Gasteiger partial charge is 0.352 e. The van der Waals surface area contributed by atoms with Gasteiger partial charge in [0.2, 0.25) is 0 Å². The van der Waals surface area contributed by atoms with Crippen molar-refractivity contribution in [2.45, 2.75) is 47.1 Å². The number of hydrogen-bond donors (Lipinski definition) is 1. The lowest BCUT2D eigenvalue weighted by Gasteiger charge is -2.28. The Morgan fingerprint density at radius 1 is 1.33 bits per heavy atom. The van der Waals surface area contributed by atoms with Crippen molar-refractivity contribution in [1.29, 1.82) is 0 Å². The van der Waals surface area contributed by atoms with E-state index in [1.54, 1.807) is 0 Å². The molecule has 3 nitrogen and oxygen atoms in total. The number of aryl methyl sites for hydroxylation is 1. The Morgan fingerprint density at radius 2 is 2.14 bits per heavy atom. The van der Waals surface area contributed by atoms with Crippen molar-refractivity contribution in [2.24, 2.45) is 5.92 Å². The third-order valence-electron chi connectivity index (χ3n) is 3.82. The van der Waals surface area contributed by atoms with Crippen molar-refractivity contribution >= 4 is 5.82 Å². The van der Waals surface area contributed by atoms with Crippen LogP contribution in [0, 0.1) is 5.92 Å². The monoisotopic (exact) mass is 287 g/mol. The number of hydrogen-bond acceptors (Lipinski definition) is 3. The molecule has 0 saturated carbocycles. The van der Waals surface area contributed by atoms with Crippen LogP contribution in [0.25, 0.3) is 0 Å². The van der Waals surface area contributed by atoms with Crippen LogP contribution in [0.15, 0.2) is 23.8 Å². The Morgan fingerprint density at radius 3 is 2.81 bits per heavy atom. The van der Waals surface area contributed by atoms with Crippen molar-refractivity contribution in [3.63, 3.8) is 0 Å². The zero-order valence-electron chi connectivity index (χ0n) is 13.9. The Labute approximate surface area is 129 Å². The second kappa shape index (κ2) is 7.60. The summed E-state index contributed by atoms with van der Waals surface area (Å²) < 4.78 is 0. The van der Waals surface area contributed by atoms with Crippen LogP contribution in [0.4, 0.5) is 5.82 Å².